The zero-order valence-electron chi connectivity index (χ0n) is 10.9. The number of H-pyrrole nitrogens is 1. The largest absolute Gasteiger partial charge is 0.380 e. The second-order valence-corrected chi connectivity index (χ2v) is 5.37. The van der Waals surface area contributed by atoms with Gasteiger partial charge in [0.25, 0.3) is 0 Å². The standard InChI is InChI=1S/C17H14FNO/c18-15-5-1-3-13-11(15)7-9-17(13,20)14-4-2-6-16-12(14)8-10-19-16/h1-6,8,10,19-20H,7,9H2. The SMILES string of the molecule is OC1(c2cccc3[nH]ccc23)CCc2c(F)cccc21. The highest BCUT2D eigenvalue weighted by atomic mass is 19.1. The average molecular weight is 267 g/mol. The van der Waals surface area contributed by atoms with Crippen LogP contribution in [0.4, 0.5) is 4.39 Å². The van der Waals surface area contributed by atoms with Gasteiger partial charge in [0.2, 0.25) is 0 Å². The Labute approximate surface area is 115 Å². The third kappa shape index (κ3) is 1.41. The van der Waals surface area contributed by atoms with Gasteiger partial charge in [0.05, 0.1) is 0 Å². The molecule has 1 aromatic heterocycles. The van der Waals surface area contributed by atoms with Gasteiger partial charge >= 0.3 is 0 Å². The van der Waals surface area contributed by atoms with E-state index >= 15 is 0 Å². The van der Waals surface area contributed by atoms with Crippen LogP contribution in [-0.2, 0) is 12.0 Å². The van der Waals surface area contributed by atoms with E-state index in [1.54, 1.807) is 6.07 Å². The van der Waals surface area contributed by atoms with E-state index in [9.17, 15) is 9.50 Å². The molecule has 4 rings (SSSR count). The molecule has 2 aromatic carbocycles. The molecule has 0 aliphatic heterocycles. The molecular weight excluding hydrogens is 253 g/mol. The molecule has 2 N–H and O–H groups in total. The highest BCUT2D eigenvalue weighted by molar-refractivity contribution is 5.84. The van der Waals surface area contributed by atoms with Crippen molar-refractivity contribution in [1.29, 1.82) is 0 Å². The number of fused-ring (bicyclic) bond motifs is 2. The fourth-order valence-corrected chi connectivity index (χ4v) is 3.37. The number of aromatic nitrogens is 1. The molecule has 3 aromatic rings. The van der Waals surface area contributed by atoms with E-state index in [0.717, 1.165) is 16.5 Å². The minimum absolute atomic E-state index is 0.223. The Morgan fingerprint density at radius 1 is 1.05 bits per heavy atom. The normalized spacial score (nSPS) is 21.3. The molecule has 0 fully saturated rings. The predicted octanol–water partition coefficient (Wildman–Crippen LogP) is 3.49. The number of hydrogen-bond acceptors (Lipinski definition) is 1. The third-order valence-electron chi connectivity index (χ3n) is 4.34. The van der Waals surface area contributed by atoms with Crippen LogP contribution in [0.1, 0.15) is 23.1 Å². The van der Waals surface area contributed by atoms with Crippen LogP contribution < -0.4 is 0 Å². The fourth-order valence-electron chi connectivity index (χ4n) is 3.37. The van der Waals surface area contributed by atoms with E-state index in [2.05, 4.69) is 4.98 Å². The topological polar surface area (TPSA) is 36.0 Å². The van der Waals surface area contributed by atoms with Crippen LogP contribution >= 0.6 is 0 Å². The molecular formula is C17H14FNO. The summed E-state index contributed by atoms with van der Waals surface area (Å²) >= 11 is 0. The maximum Gasteiger partial charge on any atom is 0.126 e. The van der Waals surface area contributed by atoms with Gasteiger partial charge in [-0.3, -0.25) is 0 Å². The Morgan fingerprint density at radius 3 is 2.75 bits per heavy atom. The van der Waals surface area contributed by atoms with Gasteiger partial charge in [-0.05, 0) is 47.7 Å². The van der Waals surface area contributed by atoms with Crippen molar-refractivity contribution in [3.8, 4) is 0 Å². The van der Waals surface area contributed by atoms with Crippen LogP contribution in [0.25, 0.3) is 10.9 Å². The summed E-state index contributed by atoms with van der Waals surface area (Å²) in [5.74, 6) is -0.223. The number of aliphatic hydroxyl groups is 1. The number of benzene rings is 2. The van der Waals surface area contributed by atoms with E-state index in [0.29, 0.717) is 24.0 Å². The molecule has 1 atom stereocenters. The summed E-state index contributed by atoms with van der Waals surface area (Å²) in [5, 5.41) is 12.2. The third-order valence-corrected chi connectivity index (χ3v) is 4.34. The van der Waals surface area contributed by atoms with Gasteiger partial charge in [-0.2, -0.15) is 0 Å². The molecule has 3 heteroatoms. The predicted molar refractivity (Wildman–Crippen MR) is 76.0 cm³/mol. The Bertz CT molecular complexity index is 808. The van der Waals surface area contributed by atoms with Gasteiger partial charge in [-0.1, -0.05) is 24.3 Å². The smallest absolute Gasteiger partial charge is 0.126 e. The minimum atomic E-state index is -1.10. The summed E-state index contributed by atoms with van der Waals surface area (Å²) in [7, 11) is 0. The molecule has 100 valence electrons. The first-order valence-corrected chi connectivity index (χ1v) is 6.77. The van der Waals surface area contributed by atoms with Crippen molar-refractivity contribution < 1.29 is 9.50 Å². The van der Waals surface area contributed by atoms with Gasteiger partial charge in [-0.25, -0.2) is 4.39 Å². The van der Waals surface area contributed by atoms with Crippen LogP contribution in [0.3, 0.4) is 0 Å². The van der Waals surface area contributed by atoms with Crippen molar-refractivity contribution in [2.75, 3.05) is 0 Å². The Kier molecular flexibility index (Phi) is 2.30. The molecule has 0 spiro atoms. The van der Waals surface area contributed by atoms with Gasteiger partial charge in [0.1, 0.15) is 11.4 Å². The lowest BCUT2D eigenvalue weighted by molar-refractivity contribution is 0.0845. The first-order chi connectivity index (χ1) is 9.70. The zero-order chi connectivity index (χ0) is 13.7. The summed E-state index contributed by atoms with van der Waals surface area (Å²) in [6, 6.07) is 12.7. The molecule has 1 aliphatic carbocycles. The first-order valence-electron chi connectivity index (χ1n) is 6.77. The second-order valence-electron chi connectivity index (χ2n) is 5.37. The highest BCUT2D eigenvalue weighted by Gasteiger charge is 2.40. The lowest BCUT2D eigenvalue weighted by atomic mass is 9.86. The summed E-state index contributed by atoms with van der Waals surface area (Å²) < 4.78 is 13.9. The number of rotatable bonds is 1. The van der Waals surface area contributed by atoms with Crippen LogP contribution in [0, 0.1) is 5.82 Å². The van der Waals surface area contributed by atoms with Crippen molar-refractivity contribution in [1.82, 2.24) is 4.98 Å². The van der Waals surface area contributed by atoms with Crippen molar-refractivity contribution in [3.05, 3.63) is 71.2 Å². The van der Waals surface area contributed by atoms with Crippen LogP contribution in [0.15, 0.2) is 48.7 Å². The van der Waals surface area contributed by atoms with E-state index in [4.69, 9.17) is 0 Å². The molecule has 0 amide bonds. The van der Waals surface area contributed by atoms with Crippen molar-refractivity contribution in [2.24, 2.45) is 0 Å². The van der Waals surface area contributed by atoms with Crippen LogP contribution in [-0.4, -0.2) is 10.1 Å². The maximum atomic E-state index is 13.9. The highest BCUT2D eigenvalue weighted by Crippen LogP contribution is 2.44. The number of aromatic amines is 1. The van der Waals surface area contributed by atoms with Crippen molar-refractivity contribution in [3.63, 3.8) is 0 Å². The summed E-state index contributed by atoms with van der Waals surface area (Å²) in [4.78, 5) is 3.15. The maximum absolute atomic E-state index is 13.9. The average Bonchev–Trinajstić information content (AvgIpc) is 3.05. The molecule has 20 heavy (non-hydrogen) atoms. The minimum Gasteiger partial charge on any atom is -0.380 e. The van der Waals surface area contributed by atoms with Gasteiger partial charge < -0.3 is 10.1 Å². The lowest BCUT2D eigenvalue weighted by Crippen LogP contribution is -2.24. The van der Waals surface area contributed by atoms with Gasteiger partial charge in [0.15, 0.2) is 0 Å². The first kappa shape index (κ1) is 11.7. The quantitative estimate of drug-likeness (QED) is 0.695. The number of halogens is 1. The number of nitrogens with one attached hydrogen (secondary N) is 1. The van der Waals surface area contributed by atoms with Crippen molar-refractivity contribution in [2.45, 2.75) is 18.4 Å². The van der Waals surface area contributed by atoms with E-state index < -0.39 is 5.60 Å². The summed E-state index contributed by atoms with van der Waals surface area (Å²) in [6.07, 6.45) is 2.95. The van der Waals surface area contributed by atoms with Crippen molar-refractivity contribution >= 4 is 10.9 Å². The lowest BCUT2D eigenvalue weighted by Gasteiger charge is -2.25. The van der Waals surface area contributed by atoms with E-state index in [1.807, 2.05) is 36.5 Å². The molecule has 2 nitrogen and oxygen atoms in total. The Balaban J connectivity index is 2.00. The molecule has 1 heterocycles. The fraction of sp³-hybridized carbons (Fsp3) is 0.176. The molecule has 0 saturated carbocycles. The zero-order valence-corrected chi connectivity index (χ0v) is 10.9. The number of hydrogen-bond donors (Lipinski definition) is 2. The molecule has 0 bridgehead atoms. The van der Waals surface area contributed by atoms with E-state index in [1.165, 1.54) is 6.07 Å². The van der Waals surface area contributed by atoms with E-state index in [-0.39, 0.29) is 5.82 Å². The Hall–Kier alpha value is -2.13. The molecule has 1 unspecified atom stereocenters. The monoisotopic (exact) mass is 267 g/mol. The van der Waals surface area contributed by atoms with Gasteiger partial charge in [0, 0.05) is 17.1 Å². The molecule has 0 saturated heterocycles. The summed E-state index contributed by atoms with van der Waals surface area (Å²) in [6.45, 7) is 0. The summed E-state index contributed by atoms with van der Waals surface area (Å²) in [5.41, 5.74) is 2.08. The molecule has 1 aliphatic rings. The molecule has 0 radical (unpaired) electrons. The van der Waals surface area contributed by atoms with Crippen LogP contribution in [0.2, 0.25) is 0 Å². The second kappa shape index (κ2) is 3.93. The van der Waals surface area contributed by atoms with Gasteiger partial charge in [-0.15, -0.1) is 0 Å². The Morgan fingerprint density at radius 2 is 1.85 bits per heavy atom. The van der Waals surface area contributed by atoms with Crippen LogP contribution in [0.5, 0.6) is 0 Å².